The van der Waals surface area contributed by atoms with Gasteiger partial charge in [-0.15, -0.1) is 0 Å². The number of fused-ring (bicyclic) bond motifs is 1. The number of aromatic amines is 1. The number of nitrogens with one attached hydrogen (secondary N) is 2. The maximum absolute atomic E-state index is 12.6. The van der Waals surface area contributed by atoms with Crippen molar-refractivity contribution in [2.75, 3.05) is 32.7 Å². The Morgan fingerprint density at radius 1 is 1.28 bits per heavy atom. The highest BCUT2D eigenvalue weighted by Crippen LogP contribution is 2.18. The molecular formula is C22H29N5O2. The molecule has 4 rings (SSSR count). The van der Waals surface area contributed by atoms with Crippen LogP contribution in [0.1, 0.15) is 23.9 Å². The van der Waals surface area contributed by atoms with Crippen molar-refractivity contribution in [1.29, 1.82) is 0 Å². The molecule has 1 saturated heterocycles. The second-order valence-electron chi connectivity index (χ2n) is 7.82. The zero-order chi connectivity index (χ0) is 20.2. The molecular weight excluding hydrogens is 366 g/mol. The van der Waals surface area contributed by atoms with E-state index in [1.807, 2.05) is 38.2 Å². The van der Waals surface area contributed by atoms with Crippen LogP contribution in [-0.2, 0) is 17.8 Å². The number of carbonyl (C=O) groups excluding carboxylic acids is 1. The number of aromatic nitrogens is 2. The van der Waals surface area contributed by atoms with Gasteiger partial charge in [-0.05, 0) is 31.9 Å². The quantitative estimate of drug-likeness (QED) is 0.642. The Hall–Kier alpha value is -2.64. The summed E-state index contributed by atoms with van der Waals surface area (Å²) in [6.07, 6.45) is 2.86. The lowest BCUT2D eigenvalue weighted by Crippen LogP contribution is -2.53. The van der Waals surface area contributed by atoms with E-state index in [1.54, 1.807) is 0 Å². The van der Waals surface area contributed by atoms with Crippen molar-refractivity contribution in [1.82, 2.24) is 25.3 Å². The summed E-state index contributed by atoms with van der Waals surface area (Å²) in [5.74, 6) is 1.00. The largest absolute Gasteiger partial charge is 0.361 e. The molecule has 0 radical (unpaired) electrons. The summed E-state index contributed by atoms with van der Waals surface area (Å²) in [6, 6.07) is 10.1. The van der Waals surface area contributed by atoms with Gasteiger partial charge in [0.05, 0.1) is 18.3 Å². The zero-order valence-electron chi connectivity index (χ0n) is 17.1. The summed E-state index contributed by atoms with van der Waals surface area (Å²) in [5, 5.41) is 8.28. The fourth-order valence-corrected chi connectivity index (χ4v) is 3.99. The number of carbonyl (C=O) groups is 1. The number of hydrogen-bond donors (Lipinski definition) is 2. The van der Waals surface area contributed by atoms with Crippen molar-refractivity contribution in [2.24, 2.45) is 0 Å². The lowest BCUT2D eigenvalue weighted by molar-refractivity contribution is -0.126. The number of piperazine rings is 1. The third-order valence-corrected chi connectivity index (χ3v) is 5.76. The van der Waals surface area contributed by atoms with Gasteiger partial charge in [-0.2, -0.15) is 0 Å². The van der Waals surface area contributed by atoms with Crippen molar-refractivity contribution < 1.29 is 9.32 Å². The van der Waals surface area contributed by atoms with E-state index >= 15 is 0 Å². The summed E-state index contributed by atoms with van der Waals surface area (Å²) in [6.45, 7) is 8.96. The molecule has 1 unspecified atom stereocenters. The average molecular weight is 396 g/mol. The Bertz CT molecular complexity index is 955. The molecule has 7 nitrogen and oxygen atoms in total. The Kier molecular flexibility index (Phi) is 5.97. The number of rotatable bonds is 7. The fourth-order valence-electron chi connectivity index (χ4n) is 3.99. The molecule has 0 bridgehead atoms. The standard InChI is InChI=1S/C22H29N5O2/c1-16-13-19(29-25-16)15-26-9-11-27(12-10-26)17(2)22(28)23-8-7-18-14-24-21-6-4-3-5-20(18)21/h3-6,13-14,17,24H,7-12,15H2,1-2H3,(H,23,28). The van der Waals surface area contributed by atoms with Gasteiger partial charge in [0, 0.05) is 55.9 Å². The third kappa shape index (κ3) is 4.68. The number of nitrogens with zero attached hydrogens (tertiary/aromatic N) is 3. The van der Waals surface area contributed by atoms with Crippen LogP contribution in [0.5, 0.6) is 0 Å². The predicted molar refractivity (Wildman–Crippen MR) is 113 cm³/mol. The number of amides is 1. The van der Waals surface area contributed by atoms with E-state index in [0.717, 1.165) is 56.1 Å². The SMILES string of the molecule is Cc1cc(CN2CCN(C(C)C(=O)NCCc3c[nH]c4ccccc34)CC2)on1. The third-order valence-electron chi connectivity index (χ3n) is 5.76. The van der Waals surface area contributed by atoms with Gasteiger partial charge in [0.25, 0.3) is 0 Å². The maximum Gasteiger partial charge on any atom is 0.237 e. The van der Waals surface area contributed by atoms with Gasteiger partial charge in [-0.25, -0.2) is 0 Å². The van der Waals surface area contributed by atoms with E-state index in [1.165, 1.54) is 10.9 Å². The van der Waals surface area contributed by atoms with Crippen LogP contribution in [0.15, 0.2) is 41.1 Å². The first-order valence-corrected chi connectivity index (χ1v) is 10.3. The number of H-pyrrole nitrogens is 1. The monoisotopic (exact) mass is 395 g/mol. The van der Waals surface area contributed by atoms with Crippen LogP contribution < -0.4 is 5.32 Å². The molecule has 0 aliphatic carbocycles. The Morgan fingerprint density at radius 2 is 2.07 bits per heavy atom. The van der Waals surface area contributed by atoms with E-state index < -0.39 is 0 Å². The molecule has 2 aromatic heterocycles. The Labute approximate surface area is 171 Å². The lowest BCUT2D eigenvalue weighted by atomic mass is 10.1. The molecule has 2 N–H and O–H groups in total. The van der Waals surface area contributed by atoms with Crippen LogP contribution in [0.25, 0.3) is 10.9 Å². The molecule has 29 heavy (non-hydrogen) atoms. The van der Waals surface area contributed by atoms with Gasteiger partial charge in [0.1, 0.15) is 0 Å². The van der Waals surface area contributed by atoms with E-state index in [9.17, 15) is 4.79 Å². The first kappa shape index (κ1) is 19.7. The minimum atomic E-state index is -0.118. The lowest BCUT2D eigenvalue weighted by Gasteiger charge is -2.37. The summed E-state index contributed by atoms with van der Waals surface area (Å²) < 4.78 is 5.31. The second-order valence-corrected chi connectivity index (χ2v) is 7.82. The summed E-state index contributed by atoms with van der Waals surface area (Å²) in [5.41, 5.74) is 3.29. The van der Waals surface area contributed by atoms with E-state index in [2.05, 4.69) is 37.4 Å². The molecule has 1 amide bonds. The van der Waals surface area contributed by atoms with Crippen molar-refractivity contribution in [2.45, 2.75) is 32.9 Å². The highest BCUT2D eigenvalue weighted by atomic mass is 16.5. The van der Waals surface area contributed by atoms with Gasteiger partial charge >= 0.3 is 0 Å². The molecule has 1 aliphatic heterocycles. The van der Waals surface area contributed by atoms with Crippen molar-refractivity contribution in [3.05, 3.63) is 53.5 Å². The van der Waals surface area contributed by atoms with E-state index in [4.69, 9.17) is 4.52 Å². The van der Waals surface area contributed by atoms with Crippen molar-refractivity contribution >= 4 is 16.8 Å². The van der Waals surface area contributed by atoms with Crippen LogP contribution in [0.3, 0.4) is 0 Å². The molecule has 7 heteroatoms. The molecule has 0 saturated carbocycles. The Morgan fingerprint density at radius 3 is 2.83 bits per heavy atom. The van der Waals surface area contributed by atoms with Gasteiger partial charge in [0.2, 0.25) is 5.91 Å². The number of para-hydroxylation sites is 1. The first-order chi connectivity index (χ1) is 14.1. The fraction of sp³-hybridized carbons (Fsp3) is 0.455. The number of hydrogen-bond acceptors (Lipinski definition) is 5. The zero-order valence-corrected chi connectivity index (χ0v) is 17.1. The van der Waals surface area contributed by atoms with Crippen molar-refractivity contribution in [3.8, 4) is 0 Å². The van der Waals surface area contributed by atoms with Crippen LogP contribution in [0.4, 0.5) is 0 Å². The second kappa shape index (κ2) is 8.80. The first-order valence-electron chi connectivity index (χ1n) is 10.3. The van der Waals surface area contributed by atoms with Crippen LogP contribution in [-0.4, -0.2) is 64.6 Å². The van der Waals surface area contributed by atoms with Crippen molar-refractivity contribution in [3.63, 3.8) is 0 Å². The van der Waals surface area contributed by atoms with Crippen LogP contribution >= 0.6 is 0 Å². The predicted octanol–water partition coefficient (Wildman–Crippen LogP) is 2.33. The van der Waals surface area contributed by atoms with E-state index in [0.29, 0.717) is 6.54 Å². The summed E-state index contributed by atoms with van der Waals surface area (Å²) in [7, 11) is 0. The molecule has 3 heterocycles. The minimum absolute atomic E-state index is 0.101. The molecule has 1 atom stereocenters. The number of benzene rings is 1. The highest BCUT2D eigenvalue weighted by Gasteiger charge is 2.25. The topological polar surface area (TPSA) is 77.4 Å². The average Bonchev–Trinajstić information content (AvgIpc) is 3.34. The smallest absolute Gasteiger partial charge is 0.237 e. The molecule has 1 aliphatic rings. The summed E-state index contributed by atoms with van der Waals surface area (Å²) >= 11 is 0. The molecule has 154 valence electrons. The van der Waals surface area contributed by atoms with Gasteiger partial charge in [-0.3, -0.25) is 14.6 Å². The van der Waals surface area contributed by atoms with Crippen LogP contribution in [0.2, 0.25) is 0 Å². The summed E-state index contributed by atoms with van der Waals surface area (Å²) in [4.78, 5) is 20.5. The molecule has 3 aromatic rings. The van der Waals surface area contributed by atoms with E-state index in [-0.39, 0.29) is 11.9 Å². The normalized spacial score (nSPS) is 16.9. The highest BCUT2D eigenvalue weighted by molar-refractivity contribution is 5.83. The minimum Gasteiger partial charge on any atom is -0.361 e. The van der Waals surface area contributed by atoms with Gasteiger partial charge in [-0.1, -0.05) is 23.4 Å². The van der Waals surface area contributed by atoms with Crippen LogP contribution in [0, 0.1) is 6.92 Å². The molecule has 1 aromatic carbocycles. The molecule has 1 fully saturated rings. The maximum atomic E-state index is 12.6. The van der Waals surface area contributed by atoms with Gasteiger partial charge in [0.15, 0.2) is 5.76 Å². The molecule has 0 spiro atoms. The van der Waals surface area contributed by atoms with Gasteiger partial charge < -0.3 is 14.8 Å². The Balaban J connectivity index is 1.21. The number of aryl methyl sites for hydroxylation is 1.